The Bertz CT molecular complexity index is 256. The molecule has 0 radical (unpaired) electrons. The largest absolute Gasteiger partial charge is 0.368 e. The summed E-state index contributed by atoms with van der Waals surface area (Å²) in [6, 6.07) is 0. The highest BCUT2D eigenvalue weighted by molar-refractivity contribution is 5.80. The summed E-state index contributed by atoms with van der Waals surface area (Å²) in [5.41, 5.74) is 0.260. The van der Waals surface area contributed by atoms with E-state index in [-0.39, 0.29) is 17.4 Å². The third-order valence-corrected chi connectivity index (χ3v) is 3.97. The molecule has 1 atom stereocenters. The Labute approximate surface area is 103 Å². The first-order valence-electron chi connectivity index (χ1n) is 6.80. The van der Waals surface area contributed by atoms with Crippen LogP contribution in [0.5, 0.6) is 0 Å². The van der Waals surface area contributed by atoms with Crippen LogP contribution in [0, 0.1) is 5.41 Å². The average Bonchev–Trinajstić information content (AvgIpc) is 2.38. The quantitative estimate of drug-likeness (QED) is 0.775. The van der Waals surface area contributed by atoms with E-state index < -0.39 is 0 Å². The monoisotopic (exact) mass is 240 g/mol. The fraction of sp³-hybridized carbons (Fsp3) is 0.923. The van der Waals surface area contributed by atoms with E-state index in [0.29, 0.717) is 0 Å². The van der Waals surface area contributed by atoms with Crippen LogP contribution in [0.1, 0.15) is 39.0 Å². The molecule has 2 N–H and O–H groups in total. The summed E-state index contributed by atoms with van der Waals surface area (Å²) in [6.07, 6.45) is 5.16. The molecule has 0 saturated carbocycles. The van der Waals surface area contributed by atoms with E-state index in [2.05, 4.69) is 17.6 Å². The number of rotatable bonds is 3. The van der Waals surface area contributed by atoms with Crippen molar-refractivity contribution >= 4 is 5.91 Å². The second-order valence-corrected chi connectivity index (χ2v) is 5.63. The van der Waals surface area contributed by atoms with E-state index in [0.717, 1.165) is 58.3 Å². The molecule has 2 aliphatic rings. The van der Waals surface area contributed by atoms with E-state index in [9.17, 15) is 4.79 Å². The molecule has 0 bridgehead atoms. The predicted octanol–water partition coefficient (Wildman–Crippen LogP) is 1.06. The van der Waals surface area contributed by atoms with Crippen molar-refractivity contribution in [3.63, 3.8) is 0 Å². The lowest BCUT2D eigenvalue weighted by atomic mass is 9.81. The van der Waals surface area contributed by atoms with Gasteiger partial charge in [0, 0.05) is 13.2 Å². The van der Waals surface area contributed by atoms with Gasteiger partial charge >= 0.3 is 0 Å². The van der Waals surface area contributed by atoms with Gasteiger partial charge in [-0.1, -0.05) is 6.92 Å². The molecule has 0 spiro atoms. The molecule has 17 heavy (non-hydrogen) atoms. The maximum Gasteiger partial charge on any atom is 0.249 e. The van der Waals surface area contributed by atoms with Crippen LogP contribution in [0.15, 0.2) is 0 Å². The van der Waals surface area contributed by atoms with E-state index in [1.807, 2.05) is 0 Å². The Morgan fingerprint density at radius 3 is 2.82 bits per heavy atom. The normalized spacial score (nSPS) is 28.6. The van der Waals surface area contributed by atoms with Crippen molar-refractivity contribution in [1.29, 1.82) is 0 Å². The van der Waals surface area contributed by atoms with Crippen molar-refractivity contribution in [3.05, 3.63) is 0 Å². The number of amides is 1. The molecule has 2 heterocycles. The van der Waals surface area contributed by atoms with Gasteiger partial charge in [0.05, 0.1) is 0 Å². The average molecular weight is 240 g/mol. The molecule has 1 amide bonds. The molecule has 0 aromatic rings. The minimum absolute atomic E-state index is 0.0875. The smallest absolute Gasteiger partial charge is 0.249 e. The first kappa shape index (κ1) is 12.8. The van der Waals surface area contributed by atoms with Crippen LogP contribution in [0.3, 0.4) is 0 Å². The molecule has 1 unspecified atom stereocenters. The van der Waals surface area contributed by atoms with E-state index in [4.69, 9.17) is 4.74 Å². The topological polar surface area (TPSA) is 50.4 Å². The third kappa shape index (κ3) is 3.68. The summed E-state index contributed by atoms with van der Waals surface area (Å²) in [7, 11) is 0. The fourth-order valence-electron chi connectivity index (χ4n) is 2.57. The van der Waals surface area contributed by atoms with Crippen LogP contribution in [0.25, 0.3) is 0 Å². The van der Waals surface area contributed by atoms with Crippen LogP contribution in [-0.4, -0.2) is 38.3 Å². The summed E-state index contributed by atoms with van der Waals surface area (Å²) in [4.78, 5) is 11.9. The molecule has 0 aromatic carbocycles. The van der Waals surface area contributed by atoms with Gasteiger partial charge in [0.25, 0.3) is 0 Å². The van der Waals surface area contributed by atoms with Gasteiger partial charge in [-0.2, -0.15) is 0 Å². The Kier molecular flexibility index (Phi) is 4.40. The maximum absolute atomic E-state index is 11.9. The van der Waals surface area contributed by atoms with Crippen LogP contribution in [0.2, 0.25) is 0 Å². The zero-order valence-corrected chi connectivity index (χ0v) is 10.8. The SMILES string of the molecule is CC1(CNC(=O)C2CCCCO2)CCNCC1. The first-order chi connectivity index (χ1) is 8.20. The minimum atomic E-state index is -0.200. The highest BCUT2D eigenvalue weighted by atomic mass is 16.5. The maximum atomic E-state index is 11.9. The number of nitrogens with one attached hydrogen (secondary N) is 2. The molecule has 2 aliphatic heterocycles. The molecule has 0 aliphatic carbocycles. The van der Waals surface area contributed by atoms with Gasteiger partial charge in [-0.3, -0.25) is 4.79 Å². The van der Waals surface area contributed by atoms with Gasteiger partial charge in [-0.15, -0.1) is 0 Å². The molecule has 2 rings (SSSR count). The second-order valence-electron chi connectivity index (χ2n) is 5.63. The van der Waals surface area contributed by atoms with Crippen LogP contribution in [-0.2, 0) is 9.53 Å². The van der Waals surface area contributed by atoms with E-state index in [1.165, 1.54) is 0 Å². The predicted molar refractivity (Wildman–Crippen MR) is 66.8 cm³/mol. The summed E-state index contributed by atoms with van der Waals surface area (Å²) in [5.74, 6) is 0.0875. The molecule has 2 saturated heterocycles. The van der Waals surface area contributed by atoms with Gasteiger partial charge in [-0.25, -0.2) is 0 Å². The summed E-state index contributed by atoms with van der Waals surface area (Å²) in [6.45, 7) is 5.90. The highest BCUT2D eigenvalue weighted by Gasteiger charge is 2.29. The summed E-state index contributed by atoms with van der Waals surface area (Å²) >= 11 is 0. The lowest BCUT2D eigenvalue weighted by Gasteiger charge is -2.34. The summed E-state index contributed by atoms with van der Waals surface area (Å²) < 4.78 is 5.49. The Morgan fingerprint density at radius 1 is 1.41 bits per heavy atom. The first-order valence-corrected chi connectivity index (χ1v) is 6.80. The number of hydrogen-bond donors (Lipinski definition) is 2. The van der Waals surface area contributed by atoms with Crippen LogP contribution < -0.4 is 10.6 Å². The van der Waals surface area contributed by atoms with E-state index >= 15 is 0 Å². The zero-order valence-electron chi connectivity index (χ0n) is 10.8. The van der Waals surface area contributed by atoms with Crippen molar-refractivity contribution in [1.82, 2.24) is 10.6 Å². The van der Waals surface area contributed by atoms with Gasteiger partial charge < -0.3 is 15.4 Å². The number of ether oxygens (including phenoxy) is 1. The fourth-order valence-corrected chi connectivity index (χ4v) is 2.57. The molecular weight excluding hydrogens is 216 g/mol. The lowest BCUT2D eigenvalue weighted by Crippen LogP contribution is -2.46. The Balaban J connectivity index is 1.74. The van der Waals surface area contributed by atoms with Crippen molar-refractivity contribution in [2.24, 2.45) is 5.41 Å². The van der Waals surface area contributed by atoms with Gasteiger partial charge in [0.2, 0.25) is 5.91 Å². The number of carbonyl (C=O) groups is 1. The third-order valence-electron chi connectivity index (χ3n) is 3.97. The lowest BCUT2D eigenvalue weighted by molar-refractivity contribution is -0.136. The number of hydrogen-bond acceptors (Lipinski definition) is 3. The number of carbonyl (C=O) groups excluding carboxylic acids is 1. The van der Waals surface area contributed by atoms with E-state index in [1.54, 1.807) is 0 Å². The van der Waals surface area contributed by atoms with Gasteiger partial charge in [0.15, 0.2) is 0 Å². The van der Waals surface area contributed by atoms with Crippen LogP contribution in [0.4, 0.5) is 0 Å². The van der Waals surface area contributed by atoms with Crippen molar-refractivity contribution in [3.8, 4) is 0 Å². The minimum Gasteiger partial charge on any atom is -0.368 e. The molecular formula is C13H24N2O2. The van der Waals surface area contributed by atoms with Crippen LogP contribution >= 0.6 is 0 Å². The standard InChI is InChI=1S/C13H24N2O2/c1-13(5-7-14-8-6-13)10-15-12(16)11-4-2-3-9-17-11/h11,14H,2-10H2,1H3,(H,15,16). The Hall–Kier alpha value is -0.610. The van der Waals surface area contributed by atoms with Crippen molar-refractivity contribution in [2.45, 2.75) is 45.1 Å². The van der Waals surface area contributed by atoms with Gasteiger partial charge in [-0.05, 0) is 50.6 Å². The number of piperidine rings is 1. The summed E-state index contributed by atoms with van der Waals surface area (Å²) in [5, 5.41) is 6.42. The van der Waals surface area contributed by atoms with Crippen molar-refractivity contribution < 1.29 is 9.53 Å². The van der Waals surface area contributed by atoms with Gasteiger partial charge in [0.1, 0.15) is 6.10 Å². The molecule has 2 fully saturated rings. The zero-order chi connectivity index (χ0) is 12.1. The molecule has 4 heteroatoms. The molecule has 98 valence electrons. The molecule has 4 nitrogen and oxygen atoms in total. The second kappa shape index (κ2) is 5.83. The van der Waals surface area contributed by atoms with Crippen molar-refractivity contribution in [2.75, 3.05) is 26.2 Å². The molecule has 0 aromatic heterocycles. The Morgan fingerprint density at radius 2 is 2.18 bits per heavy atom. The highest BCUT2D eigenvalue weighted by Crippen LogP contribution is 2.26.